The molecule has 0 radical (unpaired) electrons. The Balaban J connectivity index is 1.65. The SMILES string of the molecule is C[C@@H](O)C(CO)OC(Sc1cncc(Br)c1)[C@H](Cn1cc(-c2cc(F)c(F)c(F)c2)nn1)OCc1nccn1C. The number of halogens is 4. The second kappa shape index (κ2) is 13.7. The highest BCUT2D eigenvalue weighted by Crippen LogP contribution is 2.31. The van der Waals surface area contributed by atoms with Crippen LogP contribution in [0.2, 0.25) is 0 Å². The van der Waals surface area contributed by atoms with Gasteiger partial charge < -0.3 is 24.3 Å². The summed E-state index contributed by atoms with van der Waals surface area (Å²) < 4.78 is 57.4. The van der Waals surface area contributed by atoms with E-state index in [2.05, 4.69) is 36.2 Å². The molecule has 4 rings (SSSR count). The molecule has 4 aromatic rings. The van der Waals surface area contributed by atoms with Crippen molar-refractivity contribution in [2.75, 3.05) is 6.61 Å². The van der Waals surface area contributed by atoms with Crippen LogP contribution in [0.25, 0.3) is 11.3 Å². The summed E-state index contributed by atoms with van der Waals surface area (Å²) in [6.07, 6.45) is 5.38. The Morgan fingerprint density at radius 1 is 1.12 bits per heavy atom. The third-order valence-electron chi connectivity index (χ3n) is 5.80. The molecule has 0 bridgehead atoms. The van der Waals surface area contributed by atoms with Gasteiger partial charge in [-0.2, -0.15) is 0 Å². The number of aliphatic hydroxyl groups is 2. The number of hydrogen-bond donors (Lipinski definition) is 2. The predicted molar refractivity (Wildman–Crippen MR) is 142 cm³/mol. The van der Waals surface area contributed by atoms with Gasteiger partial charge in [-0.3, -0.25) is 4.98 Å². The molecule has 4 atom stereocenters. The summed E-state index contributed by atoms with van der Waals surface area (Å²) in [6, 6.07) is 3.49. The number of aliphatic hydroxyl groups excluding tert-OH is 2. The van der Waals surface area contributed by atoms with Gasteiger partial charge >= 0.3 is 0 Å². The van der Waals surface area contributed by atoms with E-state index in [0.717, 1.165) is 16.6 Å². The largest absolute Gasteiger partial charge is 0.394 e. The van der Waals surface area contributed by atoms with Gasteiger partial charge in [0.05, 0.1) is 25.5 Å². The minimum Gasteiger partial charge on any atom is -0.394 e. The molecule has 15 heteroatoms. The Hall–Kier alpha value is -2.82. The Morgan fingerprint density at radius 2 is 1.88 bits per heavy atom. The van der Waals surface area contributed by atoms with Crippen molar-refractivity contribution >= 4 is 27.7 Å². The second-order valence-corrected chi connectivity index (χ2v) is 10.9. The number of aryl methyl sites for hydroxylation is 1. The van der Waals surface area contributed by atoms with Gasteiger partial charge in [-0.15, -0.1) is 5.10 Å². The number of pyridine rings is 1. The van der Waals surface area contributed by atoms with Crippen LogP contribution in [0.4, 0.5) is 13.2 Å². The van der Waals surface area contributed by atoms with Crippen LogP contribution in [0.1, 0.15) is 12.7 Å². The van der Waals surface area contributed by atoms with Crippen molar-refractivity contribution in [1.29, 1.82) is 0 Å². The highest BCUT2D eigenvalue weighted by molar-refractivity contribution is 9.10. The Bertz CT molecular complexity index is 1400. The van der Waals surface area contributed by atoms with Crippen LogP contribution < -0.4 is 0 Å². The third kappa shape index (κ3) is 7.67. The van der Waals surface area contributed by atoms with Gasteiger partial charge in [-0.1, -0.05) is 17.0 Å². The lowest BCUT2D eigenvalue weighted by molar-refractivity contribution is -0.116. The van der Waals surface area contributed by atoms with E-state index in [0.29, 0.717) is 10.7 Å². The Labute approximate surface area is 240 Å². The van der Waals surface area contributed by atoms with E-state index in [-0.39, 0.29) is 24.4 Å². The molecule has 214 valence electrons. The molecule has 0 aliphatic carbocycles. The van der Waals surface area contributed by atoms with E-state index in [9.17, 15) is 23.4 Å². The lowest BCUT2D eigenvalue weighted by Crippen LogP contribution is -2.40. The van der Waals surface area contributed by atoms with Crippen LogP contribution in [0, 0.1) is 17.5 Å². The molecule has 0 aliphatic rings. The standard InChI is InChI=1S/C25H26BrF3N6O4S/c1-14(37)22(12-36)39-25(40-17-7-16(26)8-30-9-17)21(38-13-23-31-3-4-34(23)2)11-35-10-20(32-33-35)15-5-18(27)24(29)19(28)6-15/h3-10,14,21-22,25,36-37H,11-13H2,1-2H3/t14-,21+,22?,25?/m1/s1. The highest BCUT2D eigenvalue weighted by atomic mass is 79.9. The van der Waals surface area contributed by atoms with Gasteiger partial charge in [0.1, 0.15) is 35.8 Å². The van der Waals surface area contributed by atoms with E-state index >= 15 is 0 Å². The minimum atomic E-state index is -1.57. The Morgan fingerprint density at radius 3 is 2.50 bits per heavy atom. The third-order valence-corrected chi connectivity index (χ3v) is 7.37. The van der Waals surface area contributed by atoms with Crippen LogP contribution in [-0.2, 0) is 29.7 Å². The number of ether oxygens (including phenoxy) is 2. The van der Waals surface area contributed by atoms with Crippen molar-refractivity contribution in [1.82, 2.24) is 29.5 Å². The monoisotopic (exact) mass is 642 g/mol. The van der Waals surface area contributed by atoms with Crippen molar-refractivity contribution in [3.05, 3.63) is 76.9 Å². The minimum absolute atomic E-state index is 0.00460. The fourth-order valence-corrected chi connectivity index (χ4v) is 5.22. The lowest BCUT2D eigenvalue weighted by atomic mass is 10.1. The molecule has 1 aromatic carbocycles. The zero-order valence-corrected chi connectivity index (χ0v) is 23.8. The van der Waals surface area contributed by atoms with Gasteiger partial charge in [0.2, 0.25) is 0 Å². The number of aromatic nitrogens is 6. The summed E-state index contributed by atoms with van der Waals surface area (Å²) in [5.41, 5.74) is -0.694. The second-order valence-electron chi connectivity index (χ2n) is 8.81. The van der Waals surface area contributed by atoms with Crippen molar-refractivity contribution < 1.29 is 32.9 Å². The van der Waals surface area contributed by atoms with Crippen LogP contribution in [0.5, 0.6) is 0 Å². The summed E-state index contributed by atoms with van der Waals surface area (Å²) in [4.78, 5) is 9.17. The van der Waals surface area contributed by atoms with Gasteiger partial charge in [0.15, 0.2) is 17.5 Å². The predicted octanol–water partition coefficient (Wildman–Crippen LogP) is 3.72. The number of nitrogens with zero attached hydrogens (tertiary/aromatic N) is 6. The maximum atomic E-state index is 13.8. The van der Waals surface area contributed by atoms with Gasteiger partial charge in [0.25, 0.3) is 0 Å². The van der Waals surface area contributed by atoms with Crippen LogP contribution in [-0.4, -0.2) is 70.1 Å². The van der Waals surface area contributed by atoms with Crippen molar-refractivity contribution in [3.63, 3.8) is 0 Å². The molecule has 10 nitrogen and oxygen atoms in total. The zero-order valence-electron chi connectivity index (χ0n) is 21.4. The van der Waals surface area contributed by atoms with Crippen LogP contribution >= 0.6 is 27.7 Å². The number of rotatable bonds is 13. The summed E-state index contributed by atoms with van der Waals surface area (Å²) in [5, 5.41) is 28.1. The van der Waals surface area contributed by atoms with Gasteiger partial charge in [-0.05, 0) is 41.1 Å². The molecule has 3 aromatic heterocycles. The van der Waals surface area contributed by atoms with E-state index in [1.54, 1.807) is 29.4 Å². The molecule has 0 saturated carbocycles. The molecule has 0 aliphatic heterocycles. The molecule has 40 heavy (non-hydrogen) atoms. The number of hydrogen-bond acceptors (Lipinski definition) is 9. The van der Waals surface area contributed by atoms with Gasteiger partial charge in [0, 0.05) is 46.8 Å². The van der Waals surface area contributed by atoms with Crippen molar-refractivity contribution in [2.45, 2.75) is 48.7 Å². The number of benzene rings is 1. The highest BCUT2D eigenvalue weighted by Gasteiger charge is 2.31. The molecule has 0 spiro atoms. The summed E-state index contributed by atoms with van der Waals surface area (Å²) in [6.45, 7) is 1.17. The maximum Gasteiger partial charge on any atom is 0.194 e. The summed E-state index contributed by atoms with van der Waals surface area (Å²) >= 11 is 4.65. The fraction of sp³-hybridized carbons (Fsp3) is 0.360. The van der Waals surface area contributed by atoms with Crippen molar-refractivity contribution in [2.24, 2.45) is 7.05 Å². The first kappa shape index (κ1) is 30.1. The van der Waals surface area contributed by atoms with E-state index < -0.39 is 47.8 Å². The molecule has 2 N–H and O–H groups in total. The normalized spacial score (nSPS) is 14.7. The van der Waals surface area contributed by atoms with Gasteiger partial charge in [-0.25, -0.2) is 22.8 Å². The van der Waals surface area contributed by atoms with Crippen molar-refractivity contribution in [3.8, 4) is 11.3 Å². The van der Waals surface area contributed by atoms with Crippen LogP contribution in [0.3, 0.4) is 0 Å². The Kier molecular flexibility index (Phi) is 10.3. The lowest BCUT2D eigenvalue weighted by Gasteiger charge is -2.31. The first-order valence-corrected chi connectivity index (χ1v) is 13.7. The maximum absolute atomic E-state index is 13.8. The fourth-order valence-electron chi connectivity index (χ4n) is 3.61. The smallest absolute Gasteiger partial charge is 0.194 e. The quantitative estimate of drug-likeness (QED) is 0.128. The first-order chi connectivity index (χ1) is 19.1. The average molecular weight is 643 g/mol. The molecule has 0 fully saturated rings. The van der Waals surface area contributed by atoms with E-state index in [1.807, 2.05) is 13.1 Å². The number of imidazole rings is 1. The number of thioether (sulfide) groups is 1. The molecule has 0 amide bonds. The molecule has 0 saturated heterocycles. The zero-order chi connectivity index (χ0) is 28.8. The summed E-state index contributed by atoms with van der Waals surface area (Å²) in [5.74, 6) is -3.64. The molecule has 3 heterocycles. The molecule has 2 unspecified atom stereocenters. The first-order valence-electron chi connectivity index (χ1n) is 12.0. The molecular formula is C25H26BrF3N6O4S. The topological polar surface area (TPSA) is 120 Å². The summed E-state index contributed by atoms with van der Waals surface area (Å²) in [7, 11) is 1.82. The average Bonchev–Trinajstić information content (AvgIpc) is 3.55. The van der Waals surface area contributed by atoms with E-state index in [1.165, 1.54) is 29.6 Å². The van der Waals surface area contributed by atoms with E-state index in [4.69, 9.17) is 9.47 Å². The van der Waals surface area contributed by atoms with Crippen LogP contribution in [0.15, 0.2) is 58.6 Å². The molecular weight excluding hydrogens is 617 g/mol.